The fraction of sp³-hybridized carbons (Fsp3) is 0.129. The van der Waals surface area contributed by atoms with E-state index >= 15 is 0 Å². The van der Waals surface area contributed by atoms with Gasteiger partial charge < -0.3 is 10.1 Å². The van der Waals surface area contributed by atoms with E-state index in [0.717, 1.165) is 49.7 Å². The summed E-state index contributed by atoms with van der Waals surface area (Å²) < 4.78 is 6.05. The Morgan fingerprint density at radius 3 is 2.58 bits per heavy atom. The molecule has 190 valence electrons. The van der Waals surface area contributed by atoms with Crippen LogP contribution in [0.2, 0.25) is 0 Å². The molecule has 0 radical (unpaired) electrons. The zero-order valence-corrected chi connectivity index (χ0v) is 21.9. The molecule has 1 N–H and O–H groups in total. The highest BCUT2D eigenvalue weighted by atomic mass is 32.2. The molecule has 0 atom stereocenters. The Labute approximate surface area is 225 Å². The van der Waals surface area contributed by atoms with Crippen LogP contribution in [0.1, 0.15) is 22.3 Å². The van der Waals surface area contributed by atoms with E-state index in [2.05, 4.69) is 23.5 Å². The van der Waals surface area contributed by atoms with Crippen molar-refractivity contribution in [3.8, 4) is 5.75 Å². The van der Waals surface area contributed by atoms with Crippen molar-refractivity contribution in [1.82, 2.24) is 4.90 Å². The van der Waals surface area contributed by atoms with Gasteiger partial charge in [0.05, 0.1) is 4.91 Å². The van der Waals surface area contributed by atoms with Crippen LogP contribution in [0.5, 0.6) is 5.75 Å². The number of hydrogen-bond donors (Lipinski definition) is 1. The van der Waals surface area contributed by atoms with E-state index in [-0.39, 0.29) is 11.4 Å². The second kappa shape index (κ2) is 10.9. The van der Waals surface area contributed by atoms with Gasteiger partial charge in [0, 0.05) is 5.69 Å². The first-order valence-corrected chi connectivity index (χ1v) is 13.0. The molecule has 1 fully saturated rings. The molecule has 5 rings (SSSR count). The lowest BCUT2D eigenvalue weighted by atomic mass is 10.1. The maximum atomic E-state index is 13.0. The predicted molar refractivity (Wildman–Crippen MR) is 152 cm³/mol. The number of aryl methyl sites for hydroxylation is 1. The predicted octanol–water partition coefficient (Wildman–Crippen LogP) is 6.71. The molecule has 7 heteroatoms. The molecule has 6 nitrogen and oxygen atoms in total. The summed E-state index contributed by atoms with van der Waals surface area (Å²) in [7, 11) is 0. The second-order valence-corrected chi connectivity index (χ2v) is 10.1. The highest BCUT2D eigenvalue weighted by molar-refractivity contribution is 8.18. The molecule has 1 aliphatic rings. The molecule has 0 unspecified atom stereocenters. The average molecular weight is 523 g/mol. The van der Waals surface area contributed by atoms with Gasteiger partial charge in [0.25, 0.3) is 11.1 Å². The van der Waals surface area contributed by atoms with Crippen LogP contribution in [0.3, 0.4) is 0 Å². The third-order valence-electron chi connectivity index (χ3n) is 6.48. The van der Waals surface area contributed by atoms with Crippen molar-refractivity contribution in [3.63, 3.8) is 0 Å². The van der Waals surface area contributed by atoms with Crippen LogP contribution in [0, 0.1) is 13.8 Å². The van der Waals surface area contributed by atoms with Gasteiger partial charge in [-0.3, -0.25) is 19.3 Å². The Balaban J connectivity index is 1.25. The Hall–Kier alpha value is -4.36. The average Bonchev–Trinajstić information content (AvgIpc) is 3.17. The number of benzene rings is 4. The number of imide groups is 1. The number of anilines is 1. The van der Waals surface area contributed by atoms with Crippen molar-refractivity contribution in [1.29, 1.82) is 0 Å². The highest BCUT2D eigenvalue weighted by Crippen LogP contribution is 2.33. The van der Waals surface area contributed by atoms with Crippen LogP contribution in [-0.4, -0.2) is 28.5 Å². The van der Waals surface area contributed by atoms with E-state index in [1.807, 2.05) is 74.5 Å². The molecule has 0 bridgehead atoms. The molecule has 38 heavy (non-hydrogen) atoms. The monoisotopic (exact) mass is 522 g/mol. The normalized spacial score (nSPS) is 14.4. The maximum Gasteiger partial charge on any atom is 0.294 e. The first kappa shape index (κ1) is 25.3. The van der Waals surface area contributed by atoms with Gasteiger partial charge in [-0.15, -0.1) is 0 Å². The highest BCUT2D eigenvalue weighted by Gasteiger charge is 2.36. The van der Waals surface area contributed by atoms with E-state index in [9.17, 15) is 14.4 Å². The third-order valence-corrected chi connectivity index (χ3v) is 7.39. The molecule has 0 aliphatic carbocycles. The summed E-state index contributed by atoms with van der Waals surface area (Å²) in [4.78, 5) is 39.3. The molecule has 4 aromatic rings. The summed E-state index contributed by atoms with van der Waals surface area (Å²) in [6, 6.07) is 27.2. The standard InChI is InChI=1S/C31H26N2O4S/c1-20-8-5-15-27(21(20)2)32-29(34)18-33-30(35)28(38-31(33)36)17-22-9-6-13-25(16-22)37-19-24-12-7-11-23-10-3-4-14-26(23)24/h3-17H,18-19H2,1-2H3,(H,32,34)/b28-17+. The zero-order chi connectivity index (χ0) is 26.6. The van der Waals surface area contributed by atoms with E-state index in [1.165, 1.54) is 0 Å². The number of amides is 3. The molecule has 1 saturated heterocycles. The van der Waals surface area contributed by atoms with Gasteiger partial charge in [-0.25, -0.2) is 0 Å². The Bertz CT molecular complexity index is 1590. The van der Waals surface area contributed by atoms with Gasteiger partial charge >= 0.3 is 0 Å². The van der Waals surface area contributed by atoms with Crippen LogP contribution in [0.15, 0.2) is 89.8 Å². The van der Waals surface area contributed by atoms with Gasteiger partial charge in [0.1, 0.15) is 18.9 Å². The van der Waals surface area contributed by atoms with E-state index in [0.29, 0.717) is 18.0 Å². The lowest BCUT2D eigenvalue weighted by molar-refractivity contribution is -0.127. The van der Waals surface area contributed by atoms with Crippen LogP contribution in [-0.2, 0) is 16.2 Å². The van der Waals surface area contributed by atoms with Crippen molar-refractivity contribution in [2.75, 3.05) is 11.9 Å². The smallest absolute Gasteiger partial charge is 0.294 e. The fourth-order valence-corrected chi connectivity index (χ4v) is 5.12. The van der Waals surface area contributed by atoms with Crippen LogP contribution in [0.4, 0.5) is 10.5 Å². The number of ether oxygens (including phenoxy) is 1. The van der Waals surface area contributed by atoms with Gasteiger partial charge in [0.2, 0.25) is 5.91 Å². The van der Waals surface area contributed by atoms with Crippen LogP contribution >= 0.6 is 11.8 Å². The van der Waals surface area contributed by atoms with Crippen molar-refractivity contribution in [2.45, 2.75) is 20.5 Å². The largest absolute Gasteiger partial charge is 0.489 e. The Morgan fingerprint density at radius 1 is 0.947 bits per heavy atom. The summed E-state index contributed by atoms with van der Waals surface area (Å²) in [5.41, 5.74) is 4.45. The van der Waals surface area contributed by atoms with Gasteiger partial charge in [-0.2, -0.15) is 0 Å². The van der Waals surface area contributed by atoms with Crippen molar-refractivity contribution in [3.05, 3.63) is 112 Å². The number of hydrogen-bond acceptors (Lipinski definition) is 5. The number of nitrogens with zero attached hydrogens (tertiary/aromatic N) is 1. The summed E-state index contributed by atoms with van der Waals surface area (Å²) in [6.45, 7) is 3.92. The molecule has 0 aromatic heterocycles. The second-order valence-electron chi connectivity index (χ2n) is 9.06. The number of carbonyl (C=O) groups excluding carboxylic acids is 3. The third kappa shape index (κ3) is 5.48. The minimum absolute atomic E-state index is 0.265. The molecule has 1 heterocycles. The Morgan fingerprint density at radius 2 is 1.71 bits per heavy atom. The first-order valence-electron chi connectivity index (χ1n) is 12.2. The zero-order valence-electron chi connectivity index (χ0n) is 21.1. The van der Waals surface area contributed by atoms with E-state index in [1.54, 1.807) is 12.1 Å². The summed E-state index contributed by atoms with van der Waals surface area (Å²) >= 11 is 0.826. The van der Waals surface area contributed by atoms with Gasteiger partial charge in [-0.05, 0) is 82.9 Å². The molecule has 0 spiro atoms. The number of thioether (sulfide) groups is 1. The maximum absolute atomic E-state index is 13.0. The van der Waals surface area contributed by atoms with Crippen molar-refractivity contribution >= 4 is 51.4 Å². The topological polar surface area (TPSA) is 75.7 Å². The van der Waals surface area contributed by atoms with E-state index in [4.69, 9.17) is 4.74 Å². The van der Waals surface area contributed by atoms with Gasteiger partial charge in [0.15, 0.2) is 0 Å². The van der Waals surface area contributed by atoms with Crippen molar-refractivity contribution < 1.29 is 19.1 Å². The lowest BCUT2D eigenvalue weighted by Crippen LogP contribution is -2.36. The first-order chi connectivity index (χ1) is 18.4. The number of fused-ring (bicyclic) bond motifs is 1. The summed E-state index contributed by atoms with van der Waals surface area (Å²) in [6.07, 6.45) is 1.65. The molecule has 0 saturated carbocycles. The van der Waals surface area contributed by atoms with Gasteiger partial charge in [-0.1, -0.05) is 66.7 Å². The molecular formula is C31H26N2O4S. The van der Waals surface area contributed by atoms with Crippen LogP contribution in [0.25, 0.3) is 16.8 Å². The van der Waals surface area contributed by atoms with Crippen molar-refractivity contribution in [2.24, 2.45) is 0 Å². The summed E-state index contributed by atoms with van der Waals surface area (Å²) in [5, 5.41) is 4.62. The number of rotatable bonds is 7. The summed E-state index contributed by atoms with van der Waals surface area (Å²) in [5.74, 6) is -0.261. The molecule has 3 amide bonds. The minimum atomic E-state index is -0.488. The minimum Gasteiger partial charge on any atom is -0.489 e. The molecular weight excluding hydrogens is 496 g/mol. The Kier molecular flexibility index (Phi) is 7.29. The quantitative estimate of drug-likeness (QED) is 0.273. The molecule has 1 aliphatic heterocycles. The molecule has 4 aromatic carbocycles. The fourth-order valence-electron chi connectivity index (χ4n) is 4.28. The SMILES string of the molecule is Cc1cccc(NC(=O)CN2C(=O)S/C(=C/c3cccc(OCc4cccc5ccccc45)c3)C2=O)c1C. The number of nitrogens with one attached hydrogen (secondary N) is 1. The number of carbonyl (C=O) groups is 3. The van der Waals surface area contributed by atoms with Crippen LogP contribution < -0.4 is 10.1 Å². The lowest BCUT2D eigenvalue weighted by Gasteiger charge is -2.14. The van der Waals surface area contributed by atoms with E-state index < -0.39 is 17.1 Å².